The second kappa shape index (κ2) is 7.30. The molecule has 2 aromatic carbocycles. The molecule has 0 radical (unpaired) electrons. The summed E-state index contributed by atoms with van der Waals surface area (Å²) >= 11 is 0. The Kier molecular flexibility index (Phi) is 4.92. The summed E-state index contributed by atoms with van der Waals surface area (Å²) in [6, 6.07) is 8.66. The fourth-order valence-corrected chi connectivity index (χ4v) is 2.72. The number of fused-ring (bicyclic) bond motifs is 1. The number of benzene rings is 2. The fraction of sp³-hybridized carbons (Fsp3) is 0.278. The number of anilines is 1. The fourth-order valence-electron chi connectivity index (χ4n) is 2.72. The van der Waals surface area contributed by atoms with Gasteiger partial charge in [-0.05, 0) is 43.2 Å². The normalized spacial score (nSPS) is 11.9. The molecule has 1 aliphatic rings. The van der Waals surface area contributed by atoms with Gasteiger partial charge in [0.05, 0.1) is 11.5 Å². The van der Waals surface area contributed by atoms with Crippen LogP contribution in [-0.2, 0) is 11.3 Å². The number of nitrogens with zero attached hydrogens (tertiary/aromatic N) is 1. The average Bonchev–Trinajstić information content (AvgIpc) is 3.06. The van der Waals surface area contributed by atoms with Crippen LogP contribution in [-0.4, -0.2) is 24.2 Å². The van der Waals surface area contributed by atoms with Crippen LogP contribution in [0, 0.1) is 24.0 Å². The zero-order valence-corrected chi connectivity index (χ0v) is 14.5. The molecule has 0 atom stereocenters. The third-order valence-corrected chi connectivity index (χ3v) is 4.11. The average molecular weight is 357 g/mol. The number of hydrogen-bond acceptors (Lipinski definition) is 6. The maximum absolute atomic E-state index is 12.1. The Labute approximate surface area is 150 Å². The summed E-state index contributed by atoms with van der Waals surface area (Å²) in [6.07, 6.45) is 0. The van der Waals surface area contributed by atoms with Crippen LogP contribution in [0.1, 0.15) is 16.7 Å². The highest BCUT2D eigenvalue weighted by molar-refractivity contribution is 5.81. The van der Waals surface area contributed by atoms with Crippen molar-refractivity contribution < 1.29 is 19.2 Å². The Morgan fingerprint density at radius 1 is 1.15 bits per heavy atom. The molecule has 2 N–H and O–H groups in total. The zero-order valence-electron chi connectivity index (χ0n) is 14.5. The number of amides is 1. The van der Waals surface area contributed by atoms with Crippen LogP contribution in [0.3, 0.4) is 0 Å². The highest BCUT2D eigenvalue weighted by Gasteiger charge is 2.15. The molecule has 1 amide bonds. The van der Waals surface area contributed by atoms with Gasteiger partial charge in [-0.2, -0.15) is 0 Å². The van der Waals surface area contributed by atoms with Crippen molar-refractivity contribution in [2.45, 2.75) is 20.4 Å². The number of hydrogen-bond donors (Lipinski definition) is 2. The van der Waals surface area contributed by atoms with Crippen molar-refractivity contribution in [3.8, 4) is 11.5 Å². The maximum atomic E-state index is 12.1. The van der Waals surface area contributed by atoms with Crippen LogP contribution in [0.4, 0.5) is 11.4 Å². The van der Waals surface area contributed by atoms with Crippen LogP contribution in [0.25, 0.3) is 0 Å². The molecule has 0 aromatic heterocycles. The topological polar surface area (TPSA) is 103 Å². The molecule has 8 nitrogen and oxygen atoms in total. The van der Waals surface area contributed by atoms with Gasteiger partial charge in [0.2, 0.25) is 12.7 Å². The molecule has 8 heteroatoms. The number of carbonyl (C=O) groups excluding carboxylic acids is 1. The Balaban J connectivity index is 1.56. The first-order chi connectivity index (χ1) is 12.4. The van der Waals surface area contributed by atoms with E-state index in [4.69, 9.17) is 9.47 Å². The first-order valence-corrected chi connectivity index (χ1v) is 8.09. The van der Waals surface area contributed by atoms with Gasteiger partial charge in [-0.3, -0.25) is 14.9 Å². The third-order valence-electron chi connectivity index (χ3n) is 4.11. The molecule has 2 aromatic rings. The van der Waals surface area contributed by atoms with Gasteiger partial charge in [-0.15, -0.1) is 0 Å². The number of ether oxygens (including phenoxy) is 2. The van der Waals surface area contributed by atoms with Crippen molar-refractivity contribution in [1.29, 1.82) is 0 Å². The summed E-state index contributed by atoms with van der Waals surface area (Å²) in [6.45, 7) is 4.10. The van der Waals surface area contributed by atoms with Crippen LogP contribution < -0.4 is 20.1 Å². The van der Waals surface area contributed by atoms with Crippen molar-refractivity contribution in [2.75, 3.05) is 18.7 Å². The van der Waals surface area contributed by atoms with Gasteiger partial charge >= 0.3 is 0 Å². The number of aryl methyl sites for hydroxylation is 2. The van der Waals surface area contributed by atoms with Crippen molar-refractivity contribution >= 4 is 17.3 Å². The molecule has 3 rings (SSSR count). The standard InChI is InChI=1S/C18H19N3O5/c1-11-5-12(2)15(21(23)24)7-14(11)19-9-18(22)20-8-13-3-4-16-17(6-13)26-10-25-16/h3-7,19H,8-10H2,1-2H3,(H,20,22). The van der Waals surface area contributed by atoms with Crippen molar-refractivity contribution in [3.63, 3.8) is 0 Å². The minimum absolute atomic E-state index is 0.0195. The van der Waals surface area contributed by atoms with E-state index in [1.54, 1.807) is 19.1 Å². The summed E-state index contributed by atoms with van der Waals surface area (Å²) in [5, 5.41) is 16.8. The molecule has 0 bridgehead atoms. The van der Waals surface area contributed by atoms with E-state index in [-0.39, 0.29) is 24.9 Å². The smallest absolute Gasteiger partial charge is 0.274 e. The van der Waals surface area contributed by atoms with E-state index in [9.17, 15) is 14.9 Å². The lowest BCUT2D eigenvalue weighted by Crippen LogP contribution is -2.29. The van der Waals surface area contributed by atoms with Crippen molar-refractivity contribution in [2.24, 2.45) is 0 Å². The monoisotopic (exact) mass is 357 g/mol. The Hall–Kier alpha value is -3.29. The van der Waals surface area contributed by atoms with Gasteiger partial charge in [-0.25, -0.2) is 0 Å². The van der Waals surface area contributed by atoms with Gasteiger partial charge in [0.15, 0.2) is 11.5 Å². The largest absolute Gasteiger partial charge is 0.454 e. The van der Waals surface area contributed by atoms with E-state index >= 15 is 0 Å². The molecule has 1 aliphatic heterocycles. The van der Waals surface area contributed by atoms with Crippen LogP contribution in [0.5, 0.6) is 11.5 Å². The Morgan fingerprint density at radius 2 is 1.92 bits per heavy atom. The molecule has 0 fully saturated rings. The molecule has 0 spiro atoms. The number of rotatable bonds is 6. The van der Waals surface area contributed by atoms with Crippen molar-refractivity contribution in [1.82, 2.24) is 5.32 Å². The molecular weight excluding hydrogens is 338 g/mol. The first-order valence-electron chi connectivity index (χ1n) is 8.09. The second-order valence-corrected chi connectivity index (χ2v) is 6.03. The molecule has 0 unspecified atom stereocenters. The minimum atomic E-state index is -0.431. The summed E-state index contributed by atoms with van der Waals surface area (Å²) in [7, 11) is 0. The van der Waals surface area contributed by atoms with Gasteiger partial charge in [-0.1, -0.05) is 6.07 Å². The van der Waals surface area contributed by atoms with Crippen molar-refractivity contribution in [3.05, 3.63) is 57.1 Å². The summed E-state index contributed by atoms with van der Waals surface area (Å²) in [5.41, 5.74) is 2.92. The minimum Gasteiger partial charge on any atom is -0.454 e. The Morgan fingerprint density at radius 3 is 2.69 bits per heavy atom. The summed E-state index contributed by atoms with van der Waals surface area (Å²) in [4.78, 5) is 22.7. The zero-order chi connectivity index (χ0) is 18.7. The summed E-state index contributed by atoms with van der Waals surface area (Å²) < 4.78 is 10.5. The number of nitro benzene ring substituents is 1. The van der Waals surface area contributed by atoms with Crippen LogP contribution in [0.15, 0.2) is 30.3 Å². The maximum Gasteiger partial charge on any atom is 0.274 e. The third kappa shape index (κ3) is 3.85. The van der Waals surface area contributed by atoms with E-state index in [1.807, 2.05) is 19.1 Å². The molecule has 0 saturated carbocycles. The van der Waals surface area contributed by atoms with E-state index in [2.05, 4.69) is 10.6 Å². The molecule has 26 heavy (non-hydrogen) atoms. The lowest BCUT2D eigenvalue weighted by atomic mass is 10.1. The highest BCUT2D eigenvalue weighted by Crippen LogP contribution is 2.32. The molecule has 0 saturated heterocycles. The van der Waals surface area contributed by atoms with Gasteiger partial charge in [0.25, 0.3) is 5.69 Å². The quantitative estimate of drug-likeness (QED) is 0.609. The first kappa shape index (κ1) is 17.5. The molecule has 0 aliphatic carbocycles. The number of carbonyl (C=O) groups is 1. The lowest BCUT2D eigenvalue weighted by molar-refractivity contribution is -0.385. The van der Waals surface area contributed by atoms with E-state index in [0.717, 1.165) is 11.1 Å². The van der Waals surface area contributed by atoms with Crippen LogP contribution >= 0.6 is 0 Å². The second-order valence-electron chi connectivity index (χ2n) is 6.03. The SMILES string of the molecule is Cc1cc(C)c([N+](=O)[O-])cc1NCC(=O)NCc1ccc2c(c1)OCO2. The number of nitrogens with one attached hydrogen (secondary N) is 2. The van der Waals surface area contributed by atoms with E-state index in [1.165, 1.54) is 6.07 Å². The van der Waals surface area contributed by atoms with E-state index < -0.39 is 4.92 Å². The van der Waals surface area contributed by atoms with Gasteiger partial charge in [0, 0.05) is 23.9 Å². The Bertz CT molecular complexity index is 866. The lowest BCUT2D eigenvalue weighted by Gasteiger charge is -2.11. The molecule has 1 heterocycles. The summed E-state index contributed by atoms with van der Waals surface area (Å²) in [5.74, 6) is 1.14. The van der Waals surface area contributed by atoms with Gasteiger partial charge in [0.1, 0.15) is 0 Å². The van der Waals surface area contributed by atoms with Gasteiger partial charge < -0.3 is 20.1 Å². The highest BCUT2D eigenvalue weighted by atomic mass is 16.7. The predicted octanol–water partition coefficient (Wildman–Crippen LogP) is 2.67. The van der Waals surface area contributed by atoms with E-state index in [0.29, 0.717) is 29.3 Å². The number of nitro groups is 1. The van der Waals surface area contributed by atoms with Crippen LogP contribution in [0.2, 0.25) is 0 Å². The molecule has 136 valence electrons. The molecular formula is C18H19N3O5. The predicted molar refractivity (Wildman–Crippen MR) is 95.5 cm³/mol.